The summed E-state index contributed by atoms with van der Waals surface area (Å²) in [5, 5.41) is 2.82. The highest BCUT2D eigenvalue weighted by Gasteiger charge is 2.22. The van der Waals surface area contributed by atoms with Crippen molar-refractivity contribution in [2.24, 2.45) is 5.73 Å². The van der Waals surface area contributed by atoms with Crippen molar-refractivity contribution >= 4 is 24.2 Å². The van der Waals surface area contributed by atoms with Crippen LogP contribution in [0.25, 0.3) is 0 Å². The Morgan fingerprint density at radius 2 is 1.78 bits per heavy atom. The van der Waals surface area contributed by atoms with E-state index in [4.69, 9.17) is 15.2 Å². The standard InChI is InChI=1S/C19H29N3O4.ClH/c1-25-16-11-14-7-10-22(13-15(14)12-17(16)26-2)19(24)6-4-9-21-18(23)5-3-8-20;/h11-12H,3-10,13,20H2,1-2H3,(H,21,23);1H. The van der Waals surface area contributed by atoms with Gasteiger partial charge in [-0.05, 0) is 49.1 Å². The molecule has 0 spiro atoms. The van der Waals surface area contributed by atoms with E-state index in [0.29, 0.717) is 57.6 Å². The number of nitrogens with zero attached hydrogens (tertiary/aromatic N) is 1. The van der Waals surface area contributed by atoms with E-state index in [2.05, 4.69) is 5.32 Å². The molecule has 2 rings (SSSR count). The van der Waals surface area contributed by atoms with Crippen LogP contribution in [0.2, 0.25) is 0 Å². The molecule has 1 aliphatic heterocycles. The number of halogens is 1. The summed E-state index contributed by atoms with van der Waals surface area (Å²) in [5.41, 5.74) is 7.67. The number of nitrogens with one attached hydrogen (secondary N) is 1. The summed E-state index contributed by atoms with van der Waals surface area (Å²) >= 11 is 0. The molecule has 0 saturated heterocycles. The summed E-state index contributed by atoms with van der Waals surface area (Å²) in [7, 11) is 3.23. The highest BCUT2D eigenvalue weighted by Crippen LogP contribution is 2.33. The molecule has 152 valence electrons. The Kier molecular flexibility index (Phi) is 9.96. The van der Waals surface area contributed by atoms with Gasteiger partial charge in [0.2, 0.25) is 11.8 Å². The number of carbonyl (C=O) groups is 2. The molecule has 7 nitrogen and oxygen atoms in total. The molecule has 27 heavy (non-hydrogen) atoms. The van der Waals surface area contributed by atoms with Gasteiger partial charge in [0.05, 0.1) is 14.2 Å². The van der Waals surface area contributed by atoms with Crippen molar-refractivity contribution in [2.75, 3.05) is 33.9 Å². The summed E-state index contributed by atoms with van der Waals surface area (Å²) < 4.78 is 10.7. The van der Waals surface area contributed by atoms with Crippen molar-refractivity contribution in [3.05, 3.63) is 23.3 Å². The van der Waals surface area contributed by atoms with Gasteiger partial charge >= 0.3 is 0 Å². The Labute approximate surface area is 167 Å². The van der Waals surface area contributed by atoms with E-state index >= 15 is 0 Å². The fraction of sp³-hybridized carbons (Fsp3) is 0.579. The lowest BCUT2D eigenvalue weighted by atomic mass is 9.98. The van der Waals surface area contributed by atoms with E-state index in [0.717, 1.165) is 17.7 Å². The molecule has 8 heteroatoms. The molecule has 1 aromatic carbocycles. The van der Waals surface area contributed by atoms with Gasteiger partial charge in [0.1, 0.15) is 0 Å². The summed E-state index contributed by atoms with van der Waals surface area (Å²) in [6.07, 6.45) is 3.00. The van der Waals surface area contributed by atoms with E-state index in [1.807, 2.05) is 17.0 Å². The Morgan fingerprint density at radius 3 is 2.41 bits per heavy atom. The number of carbonyl (C=O) groups excluding carboxylic acids is 2. The van der Waals surface area contributed by atoms with Crippen molar-refractivity contribution in [1.29, 1.82) is 0 Å². The number of hydrogen-bond donors (Lipinski definition) is 2. The molecule has 0 radical (unpaired) electrons. The van der Waals surface area contributed by atoms with Crippen molar-refractivity contribution in [3.63, 3.8) is 0 Å². The second kappa shape index (κ2) is 11.7. The third kappa shape index (κ3) is 6.59. The number of fused-ring (bicyclic) bond motifs is 1. The monoisotopic (exact) mass is 399 g/mol. The van der Waals surface area contributed by atoms with E-state index in [9.17, 15) is 9.59 Å². The lowest BCUT2D eigenvalue weighted by Gasteiger charge is -2.29. The topological polar surface area (TPSA) is 93.9 Å². The predicted molar refractivity (Wildman–Crippen MR) is 106 cm³/mol. The van der Waals surface area contributed by atoms with Crippen molar-refractivity contribution in [2.45, 2.75) is 38.6 Å². The predicted octanol–water partition coefficient (Wildman–Crippen LogP) is 1.65. The van der Waals surface area contributed by atoms with Crippen LogP contribution in [0.15, 0.2) is 12.1 Å². The van der Waals surface area contributed by atoms with Gasteiger partial charge in [0.15, 0.2) is 11.5 Å². The van der Waals surface area contributed by atoms with E-state index in [-0.39, 0.29) is 24.2 Å². The maximum absolute atomic E-state index is 12.4. The molecule has 1 heterocycles. The zero-order chi connectivity index (χ0) is 18.9. The zero-order valence-corrected chi connectivity index (χ0v) is 16.9. The first-order valence-corrected chi connectivity index (χ1v) is 9.07. The van der Waals surface area contributed by atoms with E-state index in [1.165, 1.54) is 5.56 Å². The lowest BCUT2D eigenvalue weighted by Crippen LogP contribution is -2.36. The number of nitrogens with two attached hydrogens (primary N) is 1. The molecule has 0 aromatic heterocycles. The maximum Gasteiger partial charge on any atom is 0.222 e. The minimum atomic E-state index is -0.00385. The summed E-state index contributed by atoms with van der Waals surface area (Å²) in [5.74, 6) is 1.51. The molecule has 0 saturated carbocycles. The van der Waals surface area contributed by atoms with Gasteiger partial charge in [-0.3, -0.25) is 9.59 Å². The zero-order valence-electron chi connectivity index (χ0n) is 16.1. The smallest absolute Gasteiger partial charge is 0.222 e. The molecule has 2 amide bonds. The van der Waals surface area contributed by atoms with Gasteiger partial charge in [-0.15, -0.1) is 12.4 Å². The normalized spacial score (nSPS) is 12.6. The first kappa shape index (κ1) is 23.0. The maximum atomic E-state index is 12.4. The van der Waals surface area contributed by atoms with Crippen LogP contribution in [-0.4, -0.2) is 50.6 Å². The van der Waals surface area contributed by atoms with Crippen LogP contribution in [0.5, 0.6) is 11.5 Å². The van der Waals surface area contributed by atoms with Gasteiger partial charge < -0.3 is 25.4 Å². The largest absolute Gasteiger partial charge is 0.493 e. The number of methoxy groups -OCH3 is 2. The molecule has 3 N–H and O–H groups in total. The molecular weight excluding hydrogens is 370 g/mol. The number of hydrogen-bond acceptors (Lipinski definition) is 5. The first-order chi connectivity index (χ1) is 12.6. The van der Waals surface area contributed by atoms with Gasteiger partial charge in [0, 0.05) is 32.5 Å². The first-order valence-electron chi connectivity index (χ1n) is 9.07. The fourth-order valence-electron chi connectivity index (χ4n) is 3.07. The van der Waals surface area contributed by atoms with Gasteiger partial charge in [0.25, 0.3) is 0 Å². The molecule has 1 aliphatic rings. The van der Waals surface area contributed by atoms with E-state index in [1.54, 1.807) is 14.2 Å². The van der Waals surface area contributed by atoms with Gasteiger partial charge in [-0.1, -0.05) is 0 Å². The summed E-state index contributed by atoms with van der Waals surface area (Å²) in [6, 6.07) is 3.94. The number of rotatable bonds is 9. The fourth-order valence-corrected chi connectivity index (χ4v) is 3.07. The van der Waals surface area contributed by atoms with Crippen LogP contribution in [0.1, 0.15) is 36.8 Å². The molecule has 0 atom stereocenters. The minimum Gasteiger partial charge on any atom is -0.493 e. The number of ether oxygens (including phenoxy) is 2. The summed E-state index contributed by atoms with van der Waals surface area (Å²) in [4.78, 5) is 25.8. The Hall–Kier alpha value is -1.99. The lowest BCUT2D eigenvalue weighted by molar-refractivity contribution is -0.132. The second-order valence-electron chi connectivity index (χ2n) is 6.39. The Morgan fingerprint density at radius 1 is 1.11 bits per heavy atom. The SMILES string of the molecule is COc1cc2c(cc1OC)CN(C(=O)CCCNC(=O)CCCN)CC2.Cl. The third-order valence-corrected chi connectivity index (χ3v) is 4.57. The van der Waals surface area contributed by atoms with Crippen LogP contribution in [-0.2, 0) is 22.6 Å². The van der Waals surface area contributed by atoms with Crippen molar-refractivity contribution in [3.8, 4) is 11.5 Å². The van der Waals surface area contributed by atoms with Crippen LogP contribution in [0, 0.1) is 0 Å². The molecule has 0 fully saturated rings. The minimum absolute atomic E-state index is 0. The van der Waals surface area contributed by atoms with Gasteiger partial charge in [-0.25, -0.2) is 0 Å². The second-order valence-corrected chi connectivity index (χ2v) is 6.39. The number of amides is 2. The molecule has 0 bridgehead atoms. The molecule has 0 unspecified atom stereocenters. The van der Waals surface area contributed by atoms with Crippen LogP contribution in [0.3, 0.4) is 0 Å². The highest BCUT2D eigenvalue weighted by molar-refractivity contribution is 5.85. The number of benzene rings is 1. The summed E-state index contributed by atoms with van der Waals surface area (Å²) in [6.45, 7) is 2.31. The highest BCUT2D eigenvalue weighted by atomic mass is 35.5. The quantitative estimate of drug-likeness (QED) is 0.616. The average Bonchev–Trinajstić information content (AvgIpc) is 2.67. The molecular formula is C19H30ClN3O4. The molecule has 1 aromatic rings. The average molecular weight is 400 g/mol. The van der Waals surface area contributed by atoms with Gasteiger partial charge in [-0.2, -0.15) is 0 Å². The van der Waals surface area contributed by atoms with Crippen LogP contribution < -0.4 is 20.5 Å². The van der Waals surface area contributed by atoms with Crippen molar-refractivity contribution < 1.29 is 19.1 Å². The third-order valence-electron chi connectivity index (χ3n) is 4.57. The van der Waals surface area contributed by atoms with E-state index < -0.39 is 0 Å². The van der Waals surface area contributed by atoms with Crippen LogP contribution >= 0.6 is 12.4 Å². The Bertz CT molecular complexity index is 640. The van der Waals surface area contributed by atoms with Crippen molar-refractivity contribution in [1.82, 2.24) is 10.2 Å². The Balaban J connectivity index is 0.00000364. The molecule has 0 aliphatic carbocycles. The van der Waals surface area contributed by atoms with Crippen LogP contribution in [0.4, 0.5) is 0 Å².